The number of hydrogen-bond donors (Lipinski definition) is 0. The van der Waals surface area contributed by atoms with Gasteiger partial charge in [0.15, 0.2) is 0 Å². The summed E-state index contributed by atoms with van der Waals surface area (Å²) in [6.45, 7) is 0.606. The van der Waals surface area contributed by atoms with Gasteiger partial charge in [-0.05, 0) is 18.2 Å². The average molecular weight is 264 g/mol. The quantitative estimate of drug-likeness (QED) is 0.811. The number of hydrogen-bond acceptors (Lipinski definition) is 3. The van der Waals surface area contributed by atoms with Gasteiger partial charge in [0.25, 0.3) is 0 Å². The van der Waals surface area contributed by atoms with E-state index in [1.165, 1.54) is 11.4 Å². The van der Waals surface area contributed by atoms with E-state index in [0.717, 1.165) is 6.26 Å². The second-order valence-corrected chi connectivity index (χ2v) is 5.92. The van der Waals surface area contributed by atoms with Gasteiger partial charge in [0.05, 0.1) is 6.26 Å². The van der Waals surface area contributed by atoms with Crippen LogP contribution in [-0.4, -0.2) is 39.2 Å². The molecule has 0 radical (unpaired) electrons. The number of halogens is 1. The van der Waals surface area contributed by atoms with Gasteiger partial charge in [-0.25, -0.2) is 12.7 Å². The summed E-state index contributed by atoms with van der Waals surface area (Å²) >= 11 is 5.77. The maximum Gasteiger partial charge on any atom is 0.211 e. The van der Waals surface area contributed by atoms with Crippen LogP contribution in [0.2, 0.25) is 5.02 Å². The van der Waals surface area contributed by atoms with Gasteiger partial charge in [-0.2, -0.15) is 0 Å². The van der Waals surface area contributed by atoms with Crippen LogP contribution < -0.4 is 4.74 Å². The molecule has 0 aliphatic carbocycles. The molecule has 1 aromatic rings. The fourth-order valence-corrected chi connectivity index (χ4v) is 1.60. The maximum atomic E-state index is 11.1. The van der Waals surface area contributed by atoms with Crippen molar-refractivity contribution >= 4 is 21.6 Å². The smallest absolute Gasteiger partial charge is 0.211 e. The number of likely N-dealkylation sites (N-methyl/N-ethyl adjacent to an activating group) is 1. The van der Waals surface area contributed by atoms with Crippen molar-refractivity contribution in [2.45, 2.75) is 0 Å². The maximum absolute atomic E-state index is 11.1. The van der Waals surface area contributed by atoms with Crippen LogP contribution in [0.25, 0.3) is 0 Å². The van der Waals surface area contributed by atoms with Gasteiger partial charge in [0.2, 0.25) is 10.0 Å². The monoisotopic (exact) mass is 263 g/mol. The summed E-state index contributed by atoms with van der Waals surface area (Å²) in [5, 5.41) is 0.592. The van der Waals surface area contributed by atoms with Gasteiger partial charge < -0.3 is 4.74 Å². The minimum atomic E-state index is -3.14. The van der Waals surface area contributed by atoms with Crippen LogP contribution in [0.4, 0.5) is 0 Å². The molecule has 0 fully saturated rings. The molecule has 0 atom stereocenters. The Labute approximate surface area is 101 Å². The molecule has 0 N–H and O–H groups in total. The lowest BCUT2D eigenvalue weighted by Gasteiger charge is -2.14. The first-order valence-corrected chi connectivity index (χ1v) is 6.92. The van der Waals surface area contributed by atoms with E-state index in [1.54, 1.807) is 24.3 Å². The topological polar surface area (TPSA) is 46.6 Å². The Morgan fingerprint density at radius 3 is 2.69 bits per heavy atom. The van der Waals surface area contributed by atoms with E-state index >= 15 is 0 Å². The van der Waals surface area contributed by atoms with Crippen molar-refractivity contribution in [3.05, 3.63) is 29.3 Å². The molecular weight excluding hydrogens is 250 g/mol. The molecule has 4 nitrogen and oxygen atoms in total. The molecule has 6 heteroatoms. The predicted octanol–water partition coefficient (Wildman–Crippen LogP) is 1.61. The van der Waals surface area contributed by atoms with Crippen molar-refractivity contribution in [2.24, 2.45) is 0 Å². The zero-order chi connectivity index (χ0) is 12.2. The molecule has 1 aromatic carbocycles. The normalized spacial score (nSPS) is 11.8. The van der Waals surface area contributed by atoms with E-state index in [9.17, 15) is 8.42 Å². The van der Waals surface area contributed by atoms with E-state index in [-0.39, 0.29) is 0 Å². The molecule has 0 aliphatic rings. The lowest BCUT2D eigenvalue weighted by molar-refractivity contribution is 0.287. The Morgan fingerprint density at radius 1 is 1.44 bits per heavy atom. The number of rotatable bonds is 5. The molecule has 0 saturated heterocycles. The Morgan fingerprint density at radius 2 is 2.12 bits per heavy atom. The molecule has 0 heterocycles. The largest absolute Gasteiger partial charge is 0.492 e. The first kappa shape index (κ1) is 13.3. The lowest BCUT2D eigenvalue weighted by Crippen LogP contribution is -2.29. The van der Waals surface area contributed by atoms with Crippen molar-refractivity contribution in [1.29, 1.82) is 0 Å². The van der Waals surface area contributed by atoms with Crippen LogP contribution in [0.3, 0.4) is 0 Å². The molecule has 0 aromatic heterocycles. The van der Waals surface area contributed by atoms with Gasteiger partial charge in [0, 0.05) is 18.6 Å². The Kier molecular flexibility index (Phi) is 4.58. The zero-order valence-corrected chi connectivity index (χ0v) is 10.8. The Bertz CT molecular complexity index is 447. The molecule has 16 heavy (non-hydrogen) atoms. The highest BCUT2D eigenvalue weighted by atomic mass is 35.5. The number of ether oxygens (including phenoxy) is 1. The summed E-state index contributed by atoms with van der Waals surface area (Å²) < 4.78 is 28.7. The van der Waals surface area contributed by atoms with Gasteiger partial charge in [-0.15, -0.1) is 0 Å². The minimum absolute atomic E-state index is 0.296. The van der Waals surface area contributed by atoms with E-state index < -0.39 is 10.0 Å². The van der Waals surface area contributed by atoms with Crippen molar-refractivity contribution in [2.75, 3.05) is 26.5 Å². The van der Waals surface area contributed by atoms with Crippen LogP contribution in [0.15, 0.2) is 24.3 Å². The van der Waals surface area contributed by atoms with E-state index in [4.69, 9.17) is 16.3 Å². The molecule has 0 aliphatic heterocycles. The molecule has 0 spiro atoms. The summed E-state index contributed by atoms with van der Waals surface area (Å²) in [6.07, 6.45) is 1.16. The fourth-order valence-electron chi connectivity index (χ4n) is 1.01. The van der Waals surface area contributed by atoms with Crippen molar-refractivity contribution in [1.82, 2.24) is 4.31 Å². The van der Waals surface area contributed by atoms with E-state index in [2.05, 4.69) is 0 Å². The highest BCUT2D eigenvalue weighted by molar-refractivity contribution is 7.88. The number of sulfonamides is 1. The summed E-state index contributed by atoms with van der Waals surface area (Å²) in [4.78, 5) is 0. The molecule has 0 amide bonds. The molecule has 0 bridgehead atoms. The fraction of sp³-hybridized carbons (Fsp3) is 0.400. The number of benzene rings is 1. The number of nitrogens with zero attached hydrogens (tertiary/aromatic N) is 1. The van der Waals surface area contributed by atoms with Crippen molar-refractivity contribution in [3.8, 4) is 5.75 Å². The van der Waals surface area contributed by atoms with E-state index in [0.29, 0.717) is 23.9 Å². The summed E-state index contributed by atoms with van der Waals surface area (Å²) in [5.74, 6) is 0.634. The zero-order valence-electron chi connectivity index (χ0n) is 9.18. The summed E-state index contributed by atoms with van der Waals surface area (Å²) in [6, 6.07) is 6.98. The third kappa shape index (κ3) is 4.38. The van der Waals surface area contributed by atoms with E-state index in [1.807, 2.05) is 0 Å². The van der Waals surface area contributed by atoms with Gasteiger partial charge in [-0.3, -0.25) is 0 Å². The van der Waals surface area contributed by atoms with Crippen LogP contribution in [0, 0.1) is 0 Å². The van der Waals surface area contributed by atoms with Crippen LogP contribution in [-0.2, 0) is 10.0 Å². The molecule has 90 valence electrons. The van der Waals surface area contributed by atoms with Crippen molar-refractivity contribution < 1.29 is 13.2 Å². The average Bonchev–Trinajstić information content (AvgIpc) is 2.16. The van der Waals surface area contributed by atoms with Gasteiger partial charge in [0.1, 0.15) is 12.4 Å². The second kappa shape index (κ2) is 5.52. The first-order chi connectivity index (χ1) is 7.39. The van der Waals surface area contributed by atoms with Crippen molar-refractivity contribution in [3.63, 3.8) is 0 Å². The van der Waals surface area contributed by atoms with Crippen LogP contribution in [0.5, 0.6) is 5.75 Å². The third-order valence-electron chi connectivity index (χ3n) is 2.04. The SMILES string of the molecule is CN(CCOc1cccc(Cl)c1)S(C)(=O)=O. The van der Waals surface area contributed by atoms with Gasteiger partial charge >= 0.3 is 0 Å². The molecule has 1 rings (SSSR count). The Balaban J connectivity index is 2.42. The standard InChI is InChI=1S/C10H14ClNO3S/c1-12(16(2,13)14)6-7-15-10-5-3-4-9(11)8-10/h3-5,8H,6-7H2,1-2H3. The molecule has 0 unspecified atom stereocenters. The minimum Gasteiger partial charge on any atom is -0.492 e. The Hall–Kier alpha value is -0.780. The third-order valence-corrected chi connectivity index (χ3v) is 3.59. The van der Waals surface area contributed by atoms with Crippen LogP contribution >= 0.6 is 11.6 Å². The highest BCUT2D eigenvalue weighted by Gasteiger charge is 2.09. The predicted molar refractivity (Wildman–Crippen MR) is 64.4 cm³/mol. The van der Waals surface area contributed by atoms with Gasteiger partial charge in [-0.1, -0.05) is 17.7 Å². The molecular formula is C10H14ClNO3S. The first-order valence-electron chi connectivity index (χ1n) is 4.69. The summed E-state index contributed by atoms with van der Waals surface area (Å²) in [7, 11) is -1.63. The summed E-state index contributed by atoms with van der Waals surface area (Å²) in [5.41, 5.74) is 0. The second-order valence-electron chi connectivity index (χ2n) is 3.39. The van der Waals surface area contributed by atoms with Crippen LogP contribution in [0.1, 0.15) is 0 Å². The lowest BCUT2D eigenvalue weighted by atomic mass is 10.3. The highest BCUT2D eigenvalue weighted by Crippen LogP contribution is 2.16. The molecule has 0 saturated carbocycles.